The van der Waals surface area contributed by atoms with E-state index in [1.807, 2.05) is 13.8 Å². The number of nitrogens with zero attached hydrogens (tertiary/aromatic N) is 4. The molecule has 0 amide bonds. The van der Waals surface area contributed by atoms with Gasteiger partial charge in [-0.15, -0.1) is 0 Å². The Hall–Kier alpha value is -1.89. The first kappa shape index (κ1) is 35.1. The zero-order valence-electron chi connectivity index (χ0n) is 24.9. The Bertz CT molecular complexity index is 702. The maximum absolute atomic E-state index is 11.8. The van der Waals surface area contributed by atoms with Gasteiger partial charge in [0.25, 0.3) is 0 Å². The van der Waals surface area contributed by atoms with Crippen LogP contribution in [-0.4, -0.2) is 47.1 Å². The largest absolute Gasteiger partial charge is 0.459 e. The monoisotopic (exact) mass is 520 g/mol. The van der Waals surface area contributed by atoms with Gasteiger partial charge in [-0.05, 0) is 46.0 Å². The van der Waals surface area contributed by atoms with E-state index in [0.29, 0.717) is 24.5 Å². The predicted molar refractivity (Wildman–Crippen MR) is 159 cm³/mol. The second-order valence-electron chi connectivity index (χ2n) is 10.3. The van der Waals surface area contributed by atoms with Crippen LogP contribution in [0.2, 0.25) is 0 Å². The van der Waals surface area contributed by atoms with Crippen LogP contribution in [0.3, 0.4) is 0 Å². The molecule has 37 heavy (non-hydrogen) atoms. The fourth-order valence-electron chi connectivity index (χ4n) is 4.08. The summed E-state index contributed by atoms with van der Waals surface area (Å²) in [5.74, 6) is 0.245. The van der Waals surface area contributed by atoms with Crippen molar-refractivity contribution in [2.45, 2.75) is 144 Å². The fraction of sp³-hybridized carbons (Fsp3) is 0.833. The summed E-state index contributed by atoms with van der Waals surface area (Å²) in [6.45, 7) is 12.2. The first-order valence-electron chi connectivity index (χ1n) is 14.8. The average Bonchev–Trinajstić information content (AvgIpc) is 2.88. The number of rotatable bonds is 23. The Kier molecular flexibility index (Phi) is 23.2. The lowest BCUT2D eigenvalue weighted by atomic mass is 9.91. The topological polar surface area (TPSA) is 96.0 Å². The smallest absolute Gasteiger partial charge is 0.306 e. The van der Waals surface area contributed by atoms with Crippen LogP contribution in [0.1, 0.15) is 144 Å². The number of ether oxygens (including phenoxy) is 1. The molecule has 1 N–H and O–H groups in total. The van der Waals surface area contributed by atoms with Crippen molar-refractivity contribution in [3.05, 3.63) is 0 Å². The number of hydrogen-bond donors (Lipinski definition) is 1. The SMILES string of the molecule is CCCCCCC(=O)OC/C(CO)=N/N=C(\C)C/C(C)=N/N=C(\C)C(CCCCCC)CCCCCC. The molecule has 0 bridgehead atoms. The summed E-state index contributed by atoms with van der Waals surface area (Å²) in [6, 6.07) is 0. The van der Waals surface area contributed by atoms with Crippen molar-refractivity contribution >= 4 is 28.8 Å². The molecule has 0 aliphatic carbocycles. The molecule has 0 aromatic rings. The van der Waals surface area contributed by atoms with E-state index in [-0.39, 0.29) is 19.2 Å². The third kappa shape index (κ3) is 20.8. The third-order valence-electron chi connectivity index (χ3n) is 6.47. The summed E-state index contributed by atoms with van der Waals surface area (Å²) in [5.41, 5.74) is 3.09. The Morgan fingerprint density at radius 3 is 1.73 bits per heavy atom. The lowest BCUT2D eigenvalue weighted by Crippen LogP contribution is -2.17. The fourth-order valence-corrected chi connectivity index (χ4v) is 4.08. The summed E-state index contributed by atoms with van der Waals surface area (Å²) in [4.78, 5) is 11.8. The minimum absolute atomic E-state index is 0.0334. The summed E-state index contributed by atoms with van der Waals surface area (Å²) in [6.07, 6.45) is 17.7. The molecular weight excluding hydrogens is 464 g/mol. The van der Waals surface area contributed by atoms with Crippen molar-refractivity contribution in [3.8, 4) is 0 Å². The number of carbonyl (C=O) groups is 1. The summed E-state index contributed by atoms with van der Waals surface area (Å²) in [7, 11) is 0. The van der Waals surface area contributed by atoms with Crippen LogP contribution in [0.4, 0.5) is 0 Å². The van der Waals surface area contributed by atoms with Crippen LogP contribution >= 0.6 is 0 Å². The molecular formula is C30H56N4O3. The maximum atomic E-state index is 11.8. The van der Waals surface area contributed by atoms with Crippen LogP contribution in [0, 0.1) is 5.92 Å². The van der Waals surface area contributed by atoms with Gasteiger partial charge < -0.3 is 9.84 Å². The molecule has 0 fully saturated rings. The number of aliphatic hydroxyl groups excluding tert-OH is 1. The molecule has 0 aliphatic heterocycles. The van der Waals surface area contributed by atoms with E-state index in [1.165, 1.54) is 64.2 Å². The minimum atomic E-state index is -0.297. The van der Waals surface area contributed by atoms with Gasteiger partial charge in [-0.1, -0.05) is 91.4 Å². The van der Waals surface area contributed by atoms with E-state index in [9.17, 15) is 9.90 Å². The maximum Gasteiger partial charge on any atom is 0.306 e. The van der Waals surface area contributed by atoms with Crippen molar-refractivity contribution in [1.29, 1.82) is 0 Å². The van der Waals surface area contributed by atoms with E-state index in [0.717, 1.165) is 42.8 Å². The molecule has 0 spiro atoms. The van der Waals surface area contributed by atoms with Crippen LogP contribution in [0.25, 0.3) is 0 Å². The minimum Gasteiger partial charge on any atom is -0.459 e. The number of unbranched alkanes of at least 4 members (excludes halogenated alkanes) is 9. The Labute approximate surface area is 227 Å². The summed E-state index contributed by atoms with van der Waals surface area (Å²) < 4.78 is 5.22. The van der Waals surface area contributed by atoms with Crippen LogP contribution < -0.4 is 0 Å². The van der Waals surface area contributed by atoms with Crippen molar-refractivity contribution in [2.24, 2.45) is 26.3 Å². The van der Waals surface area contributed by atoms with Crippen molar-refractivity contribution in [2.75, 3.05) is 13.2 Å². The average molecular weight is 521 g/mol. The molecule has 0 rings (SSSR count). The molecule has 0 radical (unpaired) electrons. The van der Waals surface area contributed by atoms with Gasteiger partial charge in [0.1, 0.15) is 12.3 Å². The van der Waals surface area contributed by atoms with Gasteiger partial charge >= 0.3 is 5.97 Å². The van der Waals surface area contributed by atoms with E-state index < -0.39 is 0 Å². The van der Waals surface area contributed by atoms with Gasteiger partial charge in [0.15, 0.2) is 0 Å². The quantitative estimate of drug-likeness (QED) is 0.0638. The van der Waals surface area contributed by atoms with Gasteiger partial charge in [0.2, 0.25) is 0 Å². The van der Waals surface area contributed by atoms with Gasteiger partial charge in [-0.2, -0.15) is 20.4 Å². The summed E-state index contributed by atoms with van der Waals surface area (Å²) >= 11 is 0. The molecule has 0 unspecified atom stereocenters. The van der Waals surface area contributed by atoms with E-state index in [4.69, 9.17) is 4.74 Å². The molecule has 0 heterocycles. The highest BCUT2D eigenvalue weighted by atomic mass is 16.5. The zero-order valence-corrected chi connectivity index (χ0v) is 24.9. The van der Waals surface area contributed by atoms with Crippen LogP contribution in [-0.2, 0) is 9.53 Å². The lowest BCUT2D eigenvalue weighted by Gasteiger charge is -2.16. The van der Waals surface area contributed by atoms with Crippen LogP contribution in [0.5, 0.6) is 0 Å². The van der Waals surface area contributed by atoms with E-state index in [1.54, 1.807) is 0 Å². The highest BCUT2D eigenvalue weighted by Gasteiger charge is 2.12. The van der Waals surface area contributed by atoms with Crippen molar-refractivity contribution < 1.29 is 14.6 Å². The van der Waals surface area contributed by atoms with Crippen molar-refractivity contribution in [3.63, 3.8) is 0 Å². The van der Waals surface area contributed by atoms with E-state index >= 15 is 0 Å². The zero-order chi connectivity index (χ0) is 27.7. The highest BCUT2D eigenvalue weighted by Crippen LogP contribution is 2.20. The number of aliphatic hydroxyl groups is 1. The van der Waals surface area contributed by atoms with E-state index in [2.05, 4.69) is 48.1 Å². The molecule has 214 valence electrons. The molecule has 0 atom stereocenters. The molecule has 0 aliphatic rings. The Balaban J connectivity index is 4.87. The Morgan fingerprint density at radius 1 is 0.703 bits per heavy atom. The highest BCUT2D eigenvalue weighted by molar-refractivity contribution is 6.02. The number of hydrogen-bond acceptors (Lipinski definition) is 7. The molecule has 0 aromatic carbocycles. The first-order chi connectivity index (χ1) is 17.9. The molecule has 0 saturated heterocycles. The number of esters is 1. The van der Waals surface area contributed by atoms with Gasteiger partial charge in [-0.3, -0.25) is 4.79 Å². The molecule has 0 aromatic heterocycles. The normalized spacial score (nSPS) is 13.5. The van der Waals surface area contributed by atoms with Gasteiger partial charge in [-0.25, -0.2) is 0 Å². The molecule has 0 saturated carbocycles. The molecule has 7 nitrogen and oxygen atoms in total. The van der Waals surface area contributed by atoms with Crippen LogP contribution in [0.15, 0.2) is 20.4 Å². The molecule has 7 heteroatoms. The summed E-state index contributed by atoms with van der Waals surface area (Å²) in [5, 5.41) is 26.9. The standard InChI is InChI=1S/C30H56N4O3/c1-7-10-13-16-19-28(20-17-14-11-8-2)27(6)33-31-25(4)22-26(5)32-34-29(23-35)24-37-30(36)21-18-15-12-9-3/h28,35H,7-24H2,1-6H3/b31-25+,32-26+,33-27+,34-29+. The second-order valence-corrected chi connectivity index (χ2v) is 10.3. The Morgan fingerprint density at radius 2 is 1.22 bits per heavy atom. The predicted octanol–water partition coefficient (Wildman–Crippen LogP) is 8.09. The van der Waals surface area contributed by atoms with Crippen molar-refractivity contribution in [1.82, 2.24) is 0 Å². The van der Waals surface area contributed by atoms with Gasteiger partial charge in [0.05, 0.1) is 6.61 Å². The second kappa shape index (κ2) is 24.4. The first-order valence-corrected chi connectivity index (χ1v) is 14.8. The van der Waals surface area contributed by atoms with Gasteiger partial charge in [0, 0.05) is 30.0 Å². The lowest BCUT2D eigenvalue weighted by molar-refractivity contribution is -0.142. The number of carbonyl (C=O) groups excluding carboxylic acids is 1. The third-order valence-corrected chi connectivity index (χ3v) is 6.47.